The maximum absolute atomic E-state index is 13.5. The van der Waals surface area contributed by atoms with Gasteiger partial charge in [0.1, 0.15) is 5.82 Å². The minimum Gasteiger partial charge on any atom is -0.398 e. The number of benzene rings is 1. The van der Waals surface area contributed by atoms with E-state index in [9.17, 15) is 9.18 Å². The average Bonchev–Trinajstić information content (AvgIpc) is 2.77. The fourth-order valence-corrected chi connectivity index (χ4v) is 2.17. The Kier molecular flexibility index (Phi) is 3.31. The molecule has 3 nitrogen and oxygen atoms in total. The first-order valence-electron chi connectivity index (χ1n) is 5.94. The molecule has 0 unspecified atom stereocenters. The average molecular weight is 236 g/mol. The van der Waals surface area contributed by atoms with Crippen LogP contribution in [0.1, 0.15) is 41.6 Å². The lowest BCUT2D eigenvalue weighted by Crippen LogP contribution is -2.32. The quantitative estimate of drug-likeness (QED) is 0.775. The maximum Gasteiger partial charge on any atom is 0.251 e. The maximum atomic E-state index is 13.5. The molecule has 92 valence electrons. The minimum atomic E-state index is -0.429. The Balaban J connectivity index is 2.13. The summed E-state index contributed by atoms with van der Waals surface area (Å²) < 4.78 is 13.5. The summed E-state index contributed by atoms with van der Waals surface area (Å²) in [5, 5.41) is 2.91. The van der Waals surface area contributed by atoms with E-state index in [1.54, 1.807) is 6.92 Å². The van der Waals surface area contributed by atoms with Crippen molar-refractivity contribution in [3.63, 3.8) is 0 Å². The molecule has 0 heterocycles. The van der Waals surface area contributed by atoms with Crippen LogP contribution in [0.4, 0.5) is 10.1 Å². The van der Waals surface area contributed by atoms with Gasteiger partial charge in [-0.2, -0.15) is 0 Å². The molecule has 1 aliphatic rings. The van der Waals surface area contributed by atoms with Gasteiger partial charge < -0.3 is 11.1 Å². The van der Waals surface area contributed by atoms with Crippen molar-refractivity contribution < 1.29 is 9.18 Å². The summed E-state index contributed by atoms with van der Waals surface area (Å²) in [6.45, 7) is 1.60. The van der Waals surface area contributed by atoms with Crippen LogP contribution in [0.3, 0.4) is 0 Å². The highest BCUT2D eigenvalue weighted by atomic mass is 19.1. The van der Waals surface area contributed by atoms with Crippen molar-refractivity contribution in [1.82, 2.24) is 5.32 Å². The van der Waals surface area contributed by atoms with E-state index in [1.807, 2.05) is 0 Å². The summed E-state index contributed by atoms with van der Waals surface area (Å²) in [6.07, 6.45) is 4.32. The zero-order valence-electron chi connectivity index (χ0n) is 9.92. The fourth-order valence-electron chi connectivity index (χ4n) is 2.17. The SMILES string of the molecule is Cc1c(N)cc(C(=O)NC2CCCC2)cc1F. The van der Waals surface area contributed by atoms with Gasteiger partial charge in [0.05, 0.1) is 0 Å². The molecule has 1 aromatic carbocycles. The third-order valence-corrected chi connectivity index (χ3v) is 3.34. The molecule has 0 spiro atoms. The second kappa shape index (κ2) is 4.73. The number of amides is 1. The molecule has 0 aliphatic heterocycles. The largest absolute Gasteiger partial charge is 0.398 e. The highest BCUT2D eigenvalue weighted by molar-refractivity contribution is 5.95. The predicted molar refractivity (Wildman–Crippen MR) is 65.3 cm³/mol. The Morgan fingerprint density at radius 2 is 2.06 bits per heavy atom. The van der Waals surface area contributed by atoms with Gasteiger partial charge >= 0.3 is 0 Å². The van der Waals surface area contributed by atoms with Crippen LogP contribution in [-0.4, -0.2) is 11.9 Å². The van der Waals surface area contributed by atoms with E-state index in [0.717, 1.165) is 25.7 Å². The first-order valence-corrected chi connectivity index (χ1v) is 5.94. The van der Waals surface area contributed by atoms with E-state index in [0.29, 0.717) is 16.8 Å². The Morgan fingerprint density at radius 1 is 1.41 bits per heavy atom. The van der Waals surface area contributed by atoms with Gasteiger partial charge in [-0.1, -0.05) is 12.8 Å². The van der Waals surface area contributed by atoms with Gasteiger partial charge in [-0.3, -0.25) is 4.79 Å². The Hall–Kier alpha value is -1.58. The van der Waals surface area contributed by atoms with E-state index < -0.39 is 5.82 Å². The molecule has 0 aromatic heterocycles. The standard InChI is InChI=1S/C13H17FN2O/c1-8-11(14)6-9(7-12(8)15)13(17)16-10-4-2-3-5-10/h6-7,10H,2-5,15H2,1H3,(H,16,17). The first-order chi connectivity index (χ1) is 8.08. The number of hydrogen-bond acceptors (Lipinski definition) is 2. The summed E-state index contributed by atoms with van der Waals surface area (Å²) >= 11 is 0. The van der Waals surface area contributed by atoms with E-state index in [4.69, 9.17) is 5.73 Å². The summed E-state index contributed by atoms with van der Waals surface area (Å²) in [7, 11) is 0. The van der Waals surface area contributed by atoms with Gasteiger partial charge in [-0.25, -0.2) is 4.39 Å². The van der Waals surface area contributed by atoms with E-state index in [-0.39, 0.29) is 11.9 Å². The lowest BCUT2D eigenvalue weighted by Gasteiger charge is -2.13. The van der Waals surface area contributed by atoms with Crippen molar-refractivity contribution in [3.8, 4) is 0 Å². The summed E-state index contributed by atoms with van der Waals surface area (Å²) in [6, 6.07) is 3.01. The first kappa shape index (κ1) is 11.9. The molecule has 1 aromatic rings. The number of carbonyl (C=O) groups is 1. The normalized spacial score (nSPS) is 16.1. The Bertz CT molecular complexity index is 416. The molecule has 4 heteroatoms. The van der Waals surface area contributed by atoms with Crippen molar-refractivity contribution in [2.24, 2.45) is 0 Å². The van der Waals surface area contributed by atoms with Crippen molar-refractivity contribution in [3.05, 3.63) is 29.1 Å². The molecule has 0 radical (unpaired) electrons. The minimum absolute atomic E-state index is 0.230. The smallest absolute Gasteiger partial charge is 0.251 e. The molecule has 0 bridgehead atoms. The molecule has 17 heavy (non-hydrogen) atoms. The van der Waals surface area contributed by atoms with Crippen LogP contribution in [0.5, 0.6) is 0 Å². The highest BCUT2D eigenvalue weighted by Crippen LogP contribution is 2.20. The van der Waals surface area contributed by atoms with Crippen LogP contribution in [-0.2, 0) is 0 Å². The van der Waals surface area contributed by atoms with Crippen LogP contribution >= 0.6 is 0 Å². The second-order valence-electron chi connectivity index (χ2n) is 4.63. The van der Waals surface area contributed by atoms with Gasteiger partial charge in [-0.15, -0.1) is 0 Å². The number of hydrogen-bond donors (Lipinski definition) is 2. The monoisotopic (exact) mass is 236 g/mol. The third kappa shape index (κ3) is 2.57. The zero-order valence-corrected chi connectivity index (χ0v) is 9.92. The molecule has 0 atom stereocenters. The predicted octanol–water partition coefficient (Wildman–Crippen LogP) is 2.39. The molecule has 2 rings (SSSR count). The summed E-state index contributed by atoms with van der Waals surface area (Å²) in [5.74, 6) is -0.663. The van der Waals surface area contributed by atoms with Crippen LogP contribution in [0.15, 0.2) is 12.1 Å². The zero-order chi connectivity index (χ0) is 12.4. The van der Waals surface area contributed by atoms with E-state index >= 15 is 0 Å². The molecular weight excluding hydrogens is 219 g/mol. The van der Waals surface area contributed by atoms with Gasteiger partial charge in [0.25, 0.3) is 5.91 Å². The second-order valence-corrected chi connectivity index (χ2v) is 4.63. The van der Waals surface area contributed by atoms with E-state index in [2.05, 4.69) is 5.32 Å². The Labute approximate surface area is 100 Å². The number of nitrogens with one attached hydrogen (secondary N) is 1. The van der Waals surface area contributed by atoms with Crippen molar-refractivity contribution in [2.75, 3.05) is 5.73 Å². The fraction of sp³-hybridized carbons (Fsp3) is 0.462. The number of nitrogen functional groups attached to an aromatic ring is 1. The third-order valence-electron chi connectivity index (χ3n) is 3.34. The van der Waals surface area contributed by atoms with Crippen molar-refractivity contribution >= 4 is 11.6 Å². The lowest BCUT2D eigenvalue weighted by atomic mass is 10.1. The summed E-state index contributed by atoms with van der Waals surface area (Å²) in [4.78, 5) is 11.9. The molecule has 1 saturated carbocycles. The van der Waals surface area contributed by atoms with Crippen LogP contribution in [0.2, 0.25) is 0 Å². The van der Waals surface area contributed by atoms with Crippen LogP contribution < -0.4 is 11.1 Å². The molecule has 1 fully saturated rings. The molecule has 1 amide bonds. The topological polar surface area (TPSA) is 55.1 Å². The molecular formula is C13H17FN2O. The number of carbonyl (C=O) groups excluding carboxylic acids is 1. The number of halogens is 1. The van der Waals surface area contributed by atoms with Gasteiger partial charge in [0, 0.05) is 22.9 Å². The van der Waals surface area contributed by atoms with Gasteiger partial charge in [-0.05, 0) is 31.9 Å². The van der Waals surface area contributed by atoms with Crippen molar-refractivity contribution in [1.29, 1.82) is 0 Å². The molecule has 1 aliphatic carbocycles. The van der Waals surface area contributed by atoms with Crippen LogP contribution in [0, 0.1) is 12.7 Å². The molecule has 0 saturated heterocycles. The Morgan fingerprint density at radius 3 is 2.65 bits per heavy atom. The summed E-state index contributed by atoms with van der Waals surface area (Å²) in [5.41, 5.74) is 6.66. The van der Waals surface area contributed by atoms with Crippen molar-refractivity contribution in [2.45, 2.75) is 38.6 Å². The van der Waals surface area contributed by atoms with Crippen LogP contribution in [0.25, 0.3) is 0 Å². The molecule has 3 N–H and O–H groups in total. The lowest BCUT2D eigenvalue weighted by molar-refractivity contribution is 0.0937. The number of nitrogens with two attached hydrogens (primary N) is 1. The van der Waals surface area contributed by atoms with Gasteiger partial charge in [0.15, 0.2) is 0 Å². The number of anilines is 1. The van der Waals surface area contributed by atoms with E-state index in [1.165, 1.54) is 12.1 Å². The van der Waals surface area contributed by atoms with Gasteiger partial charge in [0.2, 0.25) is 0 Å². The highest BCUT2D eigenvalue weighted by Gasteiger charge is 2.18. The number of rotatable bonds is 2.